The number of carbonyl (C=O) groups excluding carboxylic acids is 2. The summed E-state index contributed by atoms with van der Waals surface area (Å²) in [5.41, 5.74) is 0. The molecule has 1 unspecified atom stereocenters. The van der Waals surface area contributed by atoms with Crippen LogP contribution in [0.2, 0.25) is 0 Å². The van der Waals surface area contributed by atoms with Crippen molar-refractivity contribution in [1.29, 1.82) is 0 Å². The topological polar surface area (TPSA) is 67.9 Å². The summed E-state index contributed by atoms with van der Waals surface area (Å²) in [7, 11) is 0. The van der Waals surface area contributed by atoms with Crippen LogP contribution in [0.4, 0.5) is 0 Å². The molecule has 0 fully saturated rings. The molecule has 2 rings (SSSR count). The largest absolute Gasteiger partial charge is 0.486 e. The highest BCUT2D eigenvalue weighted by atomic mass is 16.6. The molecule has 1 atom stereocenters. The summed E-state index contributed by atoms with van der Waals surface area (Å²) in [6.07, 6.45) is -0.298. The minimum Gasteiger partial charge on any atom is -0.486 e. The van der Waals surface area contributed by atoms with Gasteiger partial charge in [0.05, 0.1) is 6.54 Å². The maximum Gasteiger partial charge on any atom is 0.311 e. The Morgan fingerprint density at radius 1 is 1.24 bits per heavy atom. The fourth-order valence-corrected chi connectivity index (χ4v) is 2.10. The number of ether oxygens (including phenoxy) is 2. The molecule has 0 aliphatic carbocycles. The first kappa shape index (κ1) is 15.2. The molecule has 1 aromatic rings. The van der Waals surface area contributed by atoms with Crippen LogP contribution in [0.15, 0.2) is 24.3 Å². The second-order valence-electron chi connectivity index (χ2n) is 4.69. The van der Waals surface area contributed by atoms with Crippen molar-refractivity contribution < 1.29 is 19.1 Å². The fourth-order valence-electron chi connectivity index (χ4n) is 2.10. The van der Waals surface area contributed by atoms with Crippen LogP contribution < -0.4 is 14.8 Å². The second kappa shape index (κ2) is 6.97. The van der Waals surface area contributed by atoms with Crippen LogP contribution >= 0.6 is 0 Å². The zero-order valence-corrected chi connectivity index (χ0v) is 12.3. The molecule has 0 saturated heterocycles. The number of hydrogen-bond donors (Lipinski definition) is 1. The predicted molar refractivity (Wildman–Crippen MR) is 77.3 cm³/mol. The Bertz CT molecular complexity index is 514. The standard InChI is InChI=1S/C15H20N2O4/c1-3-17(4-2)15(19)14(18)16-9-11-10-20-12-7-5-6-8-13(12)21-11/h5-8,11H,3-4,9-10H2,1-2H3,(H,16,18). The molecular formula is C15H20N2O4. The first-order valence-electron chi connectivity index (χ1n) is 7.11. The first-order chi connectivity index (χ1) is 10.2. The molecule has 1 aliphatic rings. The molecule has 0 saturated carbocycles. The van der Waals surface area contributed by atoms with E-state index >= 15 is 0 Å². The van der Waals surface area contributed by atoms with Gasteiger partial charge in [-0.3, -0.25) is 9.59 Å². The highest BCUT2D eigenvalue weighted by Crippen LogP contribution is 2.30. The number of nitrogens with zero attached hydrogens (tertiary/aromatic N) is 1. The third-order valence-electron chi connectivity index (χ3n) is 3.30. The minimum atomic E-state index is -0.610. The summed E-state index contributed by atoms with van der Waals surface area (Å²) in [5, 5.41) is 2.60. The van der Waals surface area contributed by atoms with Gasteiger partial charge in [0.15, 0.2) is 11.5 Å². The van der Waals surface area contributed by atoms with E-state index in [1.54, 1.807) is 0 Å². The van der Waals surface area contributed by atoms with Gasteiger partial charge in [0, 0.05) is 13.1 Å². The van der Waals surface area contributed by atoms with E-state index in [-0.39, 0.29) is 12.6 Å². The van der Waals surface area contributed by atoms with E-state index in [1.807, 2.05) is 38.1 Å². The number of amides is 2. The van der Waals surface area contributed by atoms with Crippen molar-refractivity contribution >= 4 is 11.8 Å². The van der Waals surface area contributed by atoms with Gasteiger partial charge in [-0.15, -0.1) is 0 Å². The smallest absolute Gasteiger partial charge is 0.311 e. The third-order valence-corrected chi connectivity index (χ3v) is 3.30. The van der Waals surface area contributed by atoms with Crippen molar-refractivity contribution in [3.63, 3.8) is 0 Å². The quantitative estimate of drug-likeness (QED) is 0.834. The van der Waals surface area contributed by atoms with Crippen molar-refractivity contribution in [2.75, 3.05) is 26.2 Å². The zero-order chi connectivity index (χ0) is 15.2. The lowest BCUT2D eigenvalue weighted by atomic mass is 10.2. The van der Waals surface area contributed by atoms with E-state index in [2.05, 4.69) is 5.32 Å². The number of benzene rings is 1. The molecule has 0 radical (unpaired) electrons. The van der Waals surface area contributed by atoms with Gasteiger partial charge in [-0.1, -0.05) is 12.1 Å². The molecule has 1 N–H and O–H groups in total. The normalized spacial score (nSPS) is 16.2. The predicted octanol–water partition coefficient (Wildman–Crippen LogP) is 0.811. The van der Waals surface area contributed by atoms with Crippen LogP contribution in [0, 0.1) is 0 Å². The molecule has 2 amide bonds. The zero-order valence-electron chi connectivity index (χ0n) is 12.3. The first-order valence-corrected chi connectivity index (χ1v) is 7.11. The number of likely N-dealkylation sites (N-methyl/N-ethyl adjacent to an activating group) is 1. The van der Waals surface area contributed by atoms with E-state index in [0.29, 0.717) is 31.2 Å². The second-order valence-corrected chi connectivity index (χ2v) is 4.69. The highest BCUT2D eigenvalue weighted by Gasteiger charge is 2.24. The van der Waals surface area contributed by atoms with Crippen LogP contribution in [0.25, 0.3) is 0 Å². The number of carbonyl (C=O) groups is 2. The fraction of sp³-hybridized carbons (Fsp3) is 0.467. The summed E-state index contributed by atoms with van der Waals surface area (Å²) >= 11 is 0. The molecule has 1 heterocycles. The van der Waals surface area contributed by atoms with Crippen molar-refractivity contribution in [2.24, 2.45) is 0 Å². The van der Waals surface area contributed by atoms with Crippen LogP contribution in [0.5, 0.6) is 11.5 Å². The van der Waals surface area contributed by atoms with Gasteiger partial charge in [0.2, 0.25) is 0 Å². The van der Waals surface area contributed by atoms with Gasteiger partial charge in [-0.25, -0.2) is 0 Å². The Labute approximate surface area is 124 Å². The van der Waals surface area contributed by atoms with Crippen LogP contribution in [-0.4, -0.2) is 49.1 Å². The van der Waals surface area contributed by atoms with E-state index in [4.69, 9.17) is 9.47 Å². The number of nitrogens with one attached hydrogen (secondary N) is 1. The molecule has 0 aromatic heterocycles. The van der Waals surface area contributed by atoms with Crippen molar-refractivity contribution in [1.82, 2.24) is 10.2 Å². The average molecular weight is 292 g/mol. The van der Waals surface area contributed by atoms with Crippen molar-refractivity contribution in [3.05, 3.63) is 24.3 Å². The molecule has 6 nitrogen and oxygen atoms in total. The Hall–Kier alpha value is -2.24. The molecular weight excluding hydrogens is 272 g/mol. The molecule has 1 aromatic carbocycles. The van der Waals surface area contributed by atoms with E-state index < -0.39 is 11.8 Å². The van der Waals surface area contributed by atoms with Crippen LogP contribution in [-0.2, 0) is 9.59 Å². The van der Waals surface area contributed by atoms with Crippen LogP contribution in [0.1, 0.15) is 13.8 Å². The van der Waals surface area contributed by atoms with Gasteiger partial charge in [-0.2, -0.15) is 0 Å². The van der Waals surface area contributed by atoms with E-state index in [0.717, 1.165) is 0 Å². The number of hydrogen-bond acceptors (Lipinski definition) is 4. The van der Waals surface area contributed by atoms with Gasteiger partial charge >= 0.3 is 11.8 Å². The van der Waals surface area contributed by atoms with Crippen molar-refractivity contribution in [2.45, 2.75) is 20.0 Å². The van der Waals surface area contributed by atoms with Gasteiger partial charge in [0.1, 0.15) is 12.7 Å². The summed E-state index contributed by atoms with van der Waals surface area (Å²) < 4.78 is 11.3. The molecule has 0 spiro atoms. The summed E-state index contributed by atoms with van der Waals surface area (Å²) in [5.74, 6) is 0.218. The molecule has 114 valence electrons. The van der Waals surface area contributed by atoms with Crippen LogP contribution in [0.3, 0.4) is 0 Å². The van der Waals surface area contributed by atoms with E-state index in [9.17, 15) is 9.59 Å². The lowest BCUT2D eigenvalue weighted by molar-refractivity contribution is -0.145. The molecule has 6 heteroatoms. The van der Waals surface area contributed by atoms with E-state index in [1.165, 1.54) is 4.90 Å². The highest BCUT2D eigenvalue weighted by molar-refractivity contribution is 6.34. The van der Waals surface area contributed by atoms with Gasteiger partial charge in [0.25, 0.3) is 0 Å². The summed E-state index contributed by atoms with van der Waals surface area (Å²) in [6.45, 7) is 5.28. The van der Waals surface area contributed by atoms with Crippen molar-refractivity contribution in [3.8, 4) is 11.5 Å². The van der Waals surface area contributed by atoms with Gasteiger partial charge in [-0.05, 0) is 26.0 Å². The Balaban J connectivity index is 1.84. The molecule has 1 aliphatic heterocycles. The summed E-state index contributed by atoms with van der Waals surface area (Å²) in [4.78, 5) is 25.1. The Morgan fingerprint density at radius 3 is 2.57 bits per heavy atom. The minimum absolute atomic E-state index is 0.236. The molecule has 21 heavy (non-hydrogen) atoms. The maximum absolute atomic E-state index is 11.8. The monoisotopic (exact) mass is 292 g/mol. The third kappa shape index (κ3) is 3.65. The number of fused-ring (bicyclic) bond motifs is 1. The lowest BCUT2D eigenvalue weighted by Crippen LogP contribution is -2.47. The molecule has 0 bridgehead atoms. The SMILES string of the molecule is CCN(CC)C(=O)C(=O)NCC1COc2ccccc2O1. The number of rotatable bonds is 4. The Morgan fingerprint density at radius 2 is 1.90 bits per heavy atom. The lowest BCUT2D eigenvalue weighted by Gasteiger charge is -2.26. The average Bonchev–Trinajstić information content (AvgIpc) is 2.53. The number of para-hydroxylation sites is 2. The maximum atomic E-state index is 11.8. The Kier molecular flexibility index (Phi) is 5.03. The van der Waals surface area contributed by atoms with Gasteiger partial charge < -0.3 is 19.7 Å². The summed E-state index contributed by atoms with van der Waals surface area (Å²) in [6, 6.07) is 7.36.